The highest BCUT2D eigenvalue weighted by Crippen LogP contribution is 2.16. The van der Waals surface area contributed by atoms with Gasteiger partial charge in [-0.2, -0.15) is 0 Å². The number of hydrogen-bond acceptors (Lipinski definition) is 4. The van der Waals surface area contributed by atoms with Gasteiger partial charge in [0.1, 0.15) is 11.9 Å². The van der Waals surface area contributed by atoms with Gasteiger partial charge in [0, 0.05) is 18.1 Å². The Morgan fingerprint density at radius 2 is 2.15 bits per heavy atom. The highest BCUT2D eigenvalue weighted by Gasteiger charge is 2.21. The van der Waals surface area contributed by atoms with Crippen LogP contribution in [-0.4, -0.2) is 27.9 Å². The van der Waals surface area contributed by atoms with Crippen LogP contribution in [0, 0.1) is 28.3 Å². The van der Waals surface area contributed by atoms with Crippen LogP contribution in [0.4, 0.5) is 10.1 Å². The van der Waals surface area contributed by atoms with Crippen LogP contribution in [0.15, 0.2) is 18.2 Å². The van der Waals surface area contributed by atoms with Crippen molar-refractivity contribution in [1.82, 2.24) is 5.32 Å². The number of terminal acetylenes is 1. The first-order valence-corrected chi connectivity index (χ1v) is 5.27. The van der Waals surface area contributed by atoms with Crippen LogP contribution < -0.4 is 5.32 Å². The summed E-state index contributed by atoms with van der Waals surface area (Å²) in [7, 11) is 0. The van der Waals surface area contributed by atoms with E-state index in [0.717, 1.165) is 12.1 Å². The standard InChI is InChI=1S/C12H9FN2O5/c1-2-3-10(12(17)18)14-11(16)7-4-8(13)6-9(5-7)15(19)20/h1,4-6,10H,3H2,(H,14,16)(H,17,18). The van der Waals surface area contributed by atoms with Gasteiger partial charge in [-0.25, -0.2) is 9.18 Å². The minimum absolute atomic E-state index is 0.265. The number of nitro groups is 1. The van der Waals surface area contributed by atoms with E-state index in [1.54, 1.807) is 0 Å². The quantitative estimate of drug-likeness (QED) is 0.474. The molecule has 0 radical (unpaired) electrons. The fraction of sp³-hybridized carbons (Fsp3) is 0.167. The van der Waals surface area contributed by atoms with E-state index in [-0.39, 0.29) is 12.0 Å². The van der Waals surface area contributed by atoms with E-state index in [4.69, 9.17) is 11.5 Å². The minimum Gasteiger partial charge on any atom is -0.480 e. The van der Waals surface area contributed by atoms with Crippen molar-refractivity contribution in [3.8, 4) is 12.3 Å². The van der Waals surface area contributed by atoms with Gasteiger partial charge >= 0.3 is 5.97 Å². The van der Waals surface area contributed by atoms with E-state index < -0.39 is 34.3 Å². The maximum atomic E-state index is 13.2. The summed E-state index contributed by atoms with van der Waals surface area (Å²) in [5, 5.41) is 21.4. The monoisotopic (exact) mass is 280 g/mol. The zero-order chi connectivity index (χ0) is 15.3. The smallest absolute Gasteiger partial charge is 0.327 e. The molecular formula is C12H9FN2O5. The Kier molecular flexibility index (Phi) is 4.75. The van der Waals surface area contributed by atoms with Gasteiger partial charge < -0.3 is 10.4 Å². The number of aliphatic carboxylic acids is 1. The summed E-state index contributed by atoms with van der Waals surface area (Å²) in [6, 6.07) is 0.895. The lowest BCUT2D eigenvalue weighted by Crippen LogP contribution is -2.40. The van der Waals surface area contributed by atoms with Crippen molar-refractivity contribution in [3.05, 3.63) is 39.7 Å². The van der Waals surface area contributed by atoms with Crippen LogP contribution in [-0.2, 0) is 4.79 Å². The molecule has 0 fully saturated rings. The number of carbonyl (C=O) groups excluding carboxylic acids is 1. The first-order valence-electron chi connectivity index (χ1n) is 5.27. The molecule has 1 aromatic carbocycles. The van der Waals surface area contributed by atoms with Gasteiger partial charge in [-0.1, -0.05) is 0 Å². The Morgan fingerprint density at radius 1 is 1.50 bits per heavy atom. The predicted octanol–water partition coefficient (Wildman–Crippen LogP) is 0.940. The lowest BCUT2D eigenvalue weighted by Gasteiger charge is -2.11. The van der Waals surface area contributed by atoms with E-state index >= 15 is 0 Å². The van der Waals surface area contributed by atoms with Crippen molar-refractivity contribution < 1.29 is 24.0 Å². The lowest BCUT2D eigenvalue weighted by molar-refractivity contribution is -0.385. The number of carboxylic acid groups (broad SMARTS) is 1. The largest absolute Gasteiger partial charge is 0.480 e. The van der Waals surface area contributed by atoms with Gasteiger partial charge in [0.2, 0.25) is 0 Å². The minimum atomic E-state index is -1.36. The van der Waals surface area contributed by atoms with Gasteiger partial charge in [-0.05, 0) is 6.07 Å². The van der Waals surface area contributed by atoms with Gasteiger partial charge in [0.05, 0.1) is 11.0 Å². The fourth-order valence-electron chi connectivity index (χ4n) is 1.37. The normalized spacial score (nSPS) is 11.2. The van der Waals surface area contributed by atoms with Crippen LogP contribution in [0.5, 0.6) is 0 Å². The molecule has 0 heterocycles. The second kappa shape index (κ2) is 6.29. The fourth-order valence-corrected chi connectivity index (χ4v) is 1.37. The summed E-state index contributed by atoms with van der Waals surface area (Å²) < 4.78 is 13.2. The summed E-state index contributed by atoms with van der Waals surface area (Å²) in [5.74, 6) is -1.23. The van der Waals surface area contributed by atoms with Crippen molar-refractivity contribution in [2.24, 2.45) is 0 Å². The van der Waals surface area contributed by atoms with Crippen LogP contribution in [0.1, 0.15) is 16.8 Å². The molecule has 1 aromatic rings. The molecule has 1 atom stereocenters. The zero-order valence-electron chi connectivity index (χ0n) is 10.00. The molecule has 104 valence electrons. The molecular weight excluding hydrogens is 271 g/mol. The molecule has 2 N–H and O–H groups in total. The SMILES string of the molecule is C#CCC(NC(=O)c1cc(F)cc([N+](=O)[O-])c1)C(=O)O. The molecule has 1 amide bonds. The summed E-state index contributed by atoms with van der Waals surface area (Å²) in [6.45, 7) is 0. The number of amides is 1. The van der Waals surface area contributed by atoms with Crippen molar-refractivity contribution in [2.45, 2.75) is 12.5 Å². The van der Waals surface area contributed by atoms with Gasteiger partial charge in [-0.15, -0.1) is 12.3 Å². The molecule has 8 heteroatoms. The molecule has 0 aliphatic carbocycles. The Morgan fingerprint density at radius 3 is 2.65 bits per heavy atom. The number of non-ortho nitro benzene ring substituents is 1. The maximum absolute atomic E-state index is 13.2. The number of carbonyl (C=O) groups is 2. The predicted molar refractivity (Wildman–Crippen MR) is 65.4 cm³/mol. The number of benzene rings is 1. The molecule has 20 heavy (non-hydrogen) atoms. The topological polar surface area (TPSA) is 110 Å². The maximum Gasteiger partial charge on any atom is 0.327 e. The molecule has 0 spiro atoms. The Balaban J connectivity index is 3.00. The lowest BCUT2D eigenvalue weighted by atomic mass is 10.1. The van der Waals surface area contributed by atoms with Crippen LogP contribution in [0.25, 0.3) is 0 Å². The second-order valence-corrected chi connectivity index (χ2v) is 3.73. The van der Waals surface area contributed by atoms with Crippen molar-refractivity contribution in [3.63, 3.8) is 0 Å². The number of carboxylic acids is 1. The van der Waals surface area contributed by atoms with E-state index in [1.165, 1.54) is 0 Å². The third kappa shape index (κ3) is 3.78. The number of rotatable bonds is 5. The summed E-state index contributed by atoms with van der Waals surface area (Å²) >= 11 is 0. The Hall–Kier alpha value is -2.95. The van der Waals surface area contributed by atoms with E-state index in [9.17, 15) is 24.1 Å². The van der Waals surface area contributed by atoms with Crippen molar-refractivity contribution in [2.75, 3.05) is 0 Å². The highest BCUT2D eigenvalue weighted by molar-refractivity contribution is 5.97. The van der Waals surface area contributed by atoms with Gasteiger partial charge in [0.15, 0.2) is 0 Å². The first kappa shape index (κ1) is 15.1. The van der Waals surface area contributed by atoms with E-state index in [1.807, 2.05) is 0 Å². The average Bonchev–Trinajstić information content (AvgIpc) is 2.37. The third-order valence-corrected chi connectivity index (χ3v) is 2.28. The Labute approximate surface area is 112 Å². The second-order valence-electron chi connectivity index (χ2n) is 3.73. The number of hydrogen-bond donors (Lipinski definition) is 2. The van der Waals surface area contributed by atoms with Crippen molar-refractivity contribution >= 4 is 17.6 Å². The van der Waals surface area contributed by atoms with E-state index in [2.05, 4.69) is 11.2 Å². The Bertz CT molecular complexity index is 608. The van der Waals surface area contributed by atoms with E-state index in [0.29, 0.717) is 6.07 Å². The third-order valence-electron chi connectivity index (χ3n) is 2.28. The average molecular weight is 280 g/mol. The number of halogens is 1. The van der Waals surface area contributed by atoms with Crippen LogP contribution >= 0.6 is 0 Å². The van der Waals surface area contributed by atoms with Gasteiger partial charge in [-0.3, -0.25) is 14.9 Å². The number of nitro benzene ring substituents is 1. The number of nitrogens with zero attached hydrogens (tertiary/aromatic N) is 1. The first-order chi connectivity index (χ1) is 9.35. The molecule has 0 saturated heterocycles. The molecule has 0 bridgehead atoms. The summed E-state index contributed by atoms with van der Waals surface area (Å²) in [5.41, 5.74) is -0.973. The number of nitrogens with one attached hydrogen (secondary N) is 1. The highest BCUT2D eigenvalue weighted by atomic mass is 19.1. The van der Waals surface area contributed by atoms with Crippen molar-refractivity contribution in [1.29, 1.82) is 0 Å². The molecule has 0 aliphatic heterocycles. The molecule has 7 nitrogen and oxygen atoms in total. The molecule has 0 aliphatic rings. The molecule has 1 rings (SSSR count). The molecule has 0 saturated carbocycles. The zero-order valence-corrected chi connectivity index (χ0v) is 10.00. The summed E-state index contributed by atoms with van der Waals surface area (Å²) in [4.78, 5) is 32.2. The van der Waals surface area contributed by atoms with Gasteiger partial charge in [0.25, 0.3) is 11.6 Å². The summed E-state index contributed by atoms with van der Waals surface area (Å²) in [6.07, 6.45) is 4.69. The van der Waals surface area contributed by atoms with Crippen LogP contribution in [0.3, 0.4) is 0 Å². The van der Waals surface area contributed by atoms with Crippen LogP contribution in [0.2, 0.25) is 0 Å². The molecule has 1 unspecified atom stereocenters. The molecule has 0 aromatic heterocycles.